The molecule has 0 bridgehead atoms. The van der Waals surface area contributed by atoms with Crippen molar-refractivity contribution in [3.8, 4) is 0 Å². The van der Waals surface area contributed by atoms with E-state index in [0.717, 1.165) is 0 Å². The summed E-state index contributed by atoms with van der Waals surface area (Å²) < 4.78 is 6.51. The molecular weight excluding hydrogens is 252 g/mol. The summed E-state index contributed by atoms with van der Waals surface area (Å²) in [5.41, 5.74) is 0.0000694. The Bertz CT molecular complexity index is 306. The van der Waals surface area contributed by atoms with E-state index in [0.29, 0.717) is 12.2 Å². The van der Waals surface area contributed by atoms with E-state index in [1.807, 2.05) is 13.8 Å². The maximum absolute atomic E-state index is 12.1. The van der Waals surface area contributed by atoms with Crippen LogP contribution in [0.3, 0.4) is 0 Å². The van der Waals surface area contributed by atoms with Gasteiger partial charge in [-0.1, -0.05) is 55.4 Å². The summed E-state index contributed by atoms with van der Waals surface area (Å²) in [5.74, 6) is 0.395. The molecule has 2 nitrogen and oxygen atoms in total. The molecule has 0 aromatic carbocycles. The normalized spacial score (nSPS) is 15.7. The van der Waals surface area contributed by atoms with Crippen LogP contribution in [0.4, 0.5) is 0 Å². The number of rotatable bonds is 5. The molecule has 19 heavy (non-hydrogen) atoms. The SMILES string of the molecule is CC(C)C(=O)C[C@@H](O[Si](C)(C)C(C)(C)C)C(C)(C)C. The molecule has 0 aliphatic rings. The molecule has 0 rings (SSSR count). The predicted molar refractivity (Wildman–Crippen MR) is 86.0 cm³/mol. The van der Waals surface area contributed by atoms with Gasteiger partial charge in [-0.2, -0.15) is 0 Å². The Balaban J connectivity index is 5.06. The molecule has 0 N–H and O–H groups in total. The van der Waals surface area contributed by atoms with Crippen molar-refractivity contribution in [2.45, 2.75) is 86.0 Å². The maximum Gasteiger partial charge on any atom is 0.192 e. The molecule has 0 saturated heterocycles. The van der Waals surface area contributed by atoms with Gasteiger partial charge < -0.3 is 4.43 Å². The van der Waals surface area contributed by atoms with Gasteiger partial charge in [0.05, 0.1) is 6.10 Å². The number of hydrogen-bond donors (Lipinski definition) is 0. The Hall–Kier alpha value is -0.153. The summed E-state index contributed by atoms with van der Waals surface area (Å²) in [6.45, 7) is 21.7. The van der Waals surface area contributed by atoms with Crippen molar-refractivity contribution in [3.05, 3.63) is 0 Å². The molecule has 0 aliphatic carbocycles. The van der Waals surface area contributed by atoms with E-state index in [4.69, 9.17) is 4.43 Å². The second-order valence-electron chi connectivity index (χ2n) is 8.56. The largest absolute Gasteiger partial charge is 0.413 e. The van der Waals surface area contributed by atoms with Gasteiger partial charge in [-0.15, -0.1) is 0 Å². The van der Waals surface area contributed by atoms with E-state index in [-0.39, 0.29) is 22.5 Å². The molecule has 0 spiro atoms. The standard InChI is InChI=1S/C16H34O2Si/c1-12(2)13(17)11-14(15(3,4)5)18-19(9,10)16(6,7)8/h12,14H,11H2,1-10H3/t14-/m1/s1. The van der Waals surface area contributed by atoms with E-state index >= 15 is 0 Å². The van der Waals surface area contributed by atoms with Crippen molar-refractivity contribution >= 4 is 14.1 Å². The van der Waals surface area contributed by atoms with Gasteiger partial charge in [0.25, 0.3) is 0 Å². The van der Waals surface area contributed by atoms with Crippen molar-refractivity contribution in [3.63, 3.8) is 0 Å². The number of carbonyl (C=O) groups excluding carboxylic acids is 1. The first-order valence-electron chi connectivity index (χ1n) is 7.39. The van der Waals surface area contributed by atoms with Crippen LogP contribution < -0.4 is 0 Å². The van der Waals surface area contributed by atoms with Crippen molar-refractivity contribution in [1.82, 2.24) is 0 Å². The third kappa shape index (κ3) is 5.78. The van der Waals surface area contributed by atoms with Crippen molar-refractivity contribution in [1.29, 1.82) is 0 Å². The van der Waals surface area contributed by atoms with Gasteiger partial charge in [0.2, 0.25) is 0 Å². The fourth-order valence-electron chi connectivity index (χ4n) is 1.48. The second-order valence-corrected chi connectivity index (χ2v) is 13.3. The van der Waals surface area contributed by atoms with Crippen LogP contribution in [0, 0.1) is 11.3 Å². The van der Waals surface area contributed by atoms with Crippen LogP contribution in [0.2, 0.25) is 18.1 Å². The lowest BCUT2D eigenvalue weighted by molar-refractivity contribution is -0.125. The lowest BCUT2D eigenvalue weighted by Crippen LogP contribution is -2.48. The predicted octanol–water partition coefficient (Wildman–Crippen LogP) is 5.04. The van der Waals surface area contributed by atoms with Crippen molar-refractivity contribution in [2.24, 2.45) is 11.3 Å². The fraction of sp³-hybridized carbons (Fsp3) is 0.938. The van der Waals surface area contributed by atoms with Crippen LogP contribution in [0.25, 0.3) is 0 Å². The zero-order valence-electron chi connectivity index (χ0n) is 14.7. The van der Waals surface area contributed by atoms with Crippen LogP contribution >= 0.6 is 0 Å². The monoisotopic (exact) mass is 286 g/mol. The zero-order chi connectivity index (χ0) is 15.6. The smallest absolute Gasteiger partial charge is 0.192 e. The maximum atomic E-state index is 12.1. The van der Waals surface area contributed by atoms with Gasteiger partial charge in [-0.3, -0.25) is 4.79 Å². The average molecular weight is 287 g/mol. The summed E-state index contributed by atoms with van der Waals surface area (Å²) >= 11 is 0. The highest BCUT2D eigenvalue weighted by Gasteiger charge is 2.42. The Labute approximate surface area is 121 Å². The molecule has 0 saturated carbocycles. The highest BCUT2D eigenvalue weighted by atomic mass is 28.4. The quantitative estimate of drug-likeness (QED) is 0.662. The van der Waals surface area contributed by atoms with E-state index < -0.39 is 8.32 Å². The Morgan fingerprint density at radius 3 is 1.74 bits per heavy atom. The Morgan fingerprint density at radius 2 is 1.47 bits per heavy atom. The second kappa shape index (κ2) is 6.09. The van der Waals surface area contributed by atoms with E-state index in [2.05, 4.69) is 54.6 Å². The molecule has 0 heterocycles. The Morgan fingerprint density at radius 1 is 1.05 bits per heavy atom. The van der Waals surface area contributed by atoms with Crippen LogP contribution in [-0.4, -0.2) is 20.2 Å². The average Bonchev–Trinajstić information content (AvgIpc) is 2.12. The molecule has 3 heteroatoms. The summed E-state index contributed by atoms with van der Waals surface area (Å²) in [4.78, 5) is 12.1. The van der Waals surface area contributed by atoms with Gasteiger partial charge in [-0.05, 0) is 23.5 Å². The van der Waals surface area contributed by atoms with Gasteiger partial charge in [0, 0.05) is 12.3 Å². The third-order valence-electron chi connectivity index (χ3n) is 4.24. The summed E-state index contributed by atoms with van der Waals surface area (Å²) in [7, 11) is -1.83. The van der Waals surface area contributed by atoms with Gasteiger partial charge in [0.15, 0.2) is 8.32 Å². The van der Waals surface area contributed by atoms with Gasteiger partial charge in [0.1, 0.15) is 5.78 Å². The van der Waals surface area contributed by atoms with Crippen LogP contribution in [-0.2, 0) is 9.22 Å². The highest BCUT2D eigenvalue weighted by Crippen LogP contribution is 2.40. The molecule has 114 valence electrons. The number of hydrogen-bond acceptors (Lipinski definition) is 2. The minimum atomic E-state index is -1.83. The molecule has 0 unspecified atom stereocenters. The zero-order valence-corrected chi connectivity index (χ0v) is 15.7. The highest BCUT2D eigenvalue weighted by molar-refractivity contribution is 6.74. The van der Waals surface area contributed by atoms with E-state index in [9.17, 15) is 4.79 Å². The summed E-state index contributed by atoms with van der Waals surface area (Å²) in [6.07, 6.45) is 0.552. The van der Waals surface area contributed by atoms with Crippen molar-refractivity contribution < 1.29 is 9.22 Å². The summed E-state index contributed by atoms with van der Waals surface area (Å²) in [6, 6.07) is 0. The topological polar surface area (TPSA) is 26.3 Å². The first kappa shape index (κ1) is 18.8. The third-order valence-corrected chi connectivity index (χ3v) is 8.73. The minimum Gasteiger partial charge on any atom is -0.413 e. The molecule has 0 aromatic rings. The van der Waals surface area contributed by atoms with Crippen LogP contribution in [0.1, 0.15) is 61.8 Å². The van der Waals surface area contributed by atoms with Gasteiger partial charge in [-0.25, -0.2) is 0 Å². The minimum absolute atomic E-state index is 0.0000694. The first-order chi connectivity index (χ1) is 8.18. The number of carbonyl (C=O) groups is 1. The van der Waals surface area contributed by atoms with E-state index in [1.54, 1.807) is 0 Å². The molecule has 0 amide bonds. The molecule has 0 aliphatic heterocycles. The lowest BCUT2D eigenvalue weighted by Gasteiger charge is -2.43. The van der Waals surface area contributed by atoms with Gasteiger partial charge >= 0.3 is 0 Å². The number of Topliss-reactive ketones (excluding diaryl/α,β-unsaturated/α-hetero) is 1. The molecule has 0 aromatic heterocycles. The Kier molecular flexibility index (Phi) is 6.04. The van der Waals surface area contributed by atoms with Crippen molar-refractivity contribution in [2.75, 3.05) is 0 Å². The van der Waals surface area contributed by atoms with Crippen LogP contribution in [0.15, 0.2) is 0 Å². The van der Waals surface area contributed by atoms with Crippen LogP contribution in [0.5, 0.6) is 0 Å². The first-order valence-corrected chi connectivity index (χ1v) is 10.3. The summed E-state index contributed by atoms with van der Waals surface area (Å²) in [5, 5.41) is 0.178. The molecule has 0 fully saturated rings. The fourth-order valence-corrected chi connectivity index (χ4v) is 2.98. The molecule has 1 atom stereocenters. The number of ketones is 1. The molecule has 0 radical (unpaired) electrons. The lowest BCUT2D eigenvalue weighted by atomic mass is 9.85. The molecular formula is C16H34O2Si. The van der Waals surface area contributed by atoms with E-state index in [1.165, 1.54) is 0 Å².